The molecule has 1 aromatic rings. The van der Waals surface area contributed by atoms with E-state index in [-0.39, 0.29) is 10.6 Å². The molecule has 1 aliphatic rings. The predicted octanol–water partition coefficient (Wildman–Crippen LogP) is 1.06. The van der Waals surface area contributed by atoms with Gasteiger partial charge in [0, 0.05) is 38.4 Å². The summed E-state index contributed by atoms with van der Waals surface area (Å²) in [6.07, 6.45) is 2.32. The zero-order valence-corrected chi connectivity index (χ0v) is 13.2. The Kier molecular flexibility index (Phi) is 4.93. The van der Waals surface area contributed by atoms with Crippen LogP contribution < -0.4 is 0 Å². The second-order valence-electron chi connectivity index (χ2n) is 5.19. The summed E-state index contributed by atoms with van der Waals surface area (Å²) >= 11 is 0. The van der Waals surface area contributed by atoms with Crippen molar-refractivity contribution < 1.29 is 8.42 Å². The van der Waals surface area contributed by atoms with Crippen LogP contribution in [-0.2, 0) is 10.0 Å². The van der Waals surface area contributed by atoms with Crippen molar-refractivity contribution in [1.82, 2.24) is 14.2 Å². The standard InChI is InChI=1S/C14H20N4O2S/c1-3-12(2)17-6-8-18(9-7-17)21(19,20)14-5-4-13(10-15)16-11-14/h4-5,11-12H,3,6-9H2,1-2H3. The molecular weight excluding hydrogens is 288 g/mol. The van der Waals surface area contributed by atoms with Crippen LogP contribution in [0.5, 0.6) is 0 Å². The molecule has 0 aromatic carbocycles. The van der Waals surface area contributed by atoms with Crippen molar-refractivity contribution in [2.75, 3.05) is 26.2 Å². The van der Waals surface area contributed by atoms with E-state index < -0.39 is 10.0 Å². The van der Waals surface area contributed by atoms with Gasteiger partial charge in [-0.25, -0.2) is 13.4 Å². The van der Waals surface area contributed by atoms with Crippen LogP contribution in [0.4, 0.5) is 0 Å². The molecule has 1 saturated heterocycles. The Balaban J connectivity index is 2.09. The van der Waals surface area contributed by atoms with Crippen molar-refractivity contribution in [2.45, 2.75) is 31.2 Å². The number of hydrogen-bond acceptors (Lipinski definition) is 5. The minimum Gasteiger partial charge on any atom is -0.298 e. The van der Waals surface area contributed by atoms with Crippen LogP contribution in [-0.4, -0.2) is 54.8 Å². The molecule has 0 radical (unpaired) electrons. The maximum Gasteiger partial charge on any atom is 0.244 e. The van der Waals surface area contributed by atoms with Gasteiger partial charge in [0.2, 0.25) is 10.0 Å². The first-order valence-corrected chi connectivity index (χ1v) is 8.53. The molecule has 0 N–H and O–H groups in total. The van der Waals surface area contributed by atoms with Crippen LogP contribution in [0.2, 0.25) is 0 Å². The van der Waals surface area contributed by atoms with Gasteiger partial charge in [0.25, 0.3) is 0 Å². The van der Waals surface area contributed by atoms with Crippen molar-refractivity contribution in [2.24, 2.45) is 0 Å². The summed E-state index contributed by atoms with van der Waals surface area (Å²) in [4.78, 5) is 6.30. The summed E-state index contributed by atoms with van der Waals surface area (Å²) in [6.45, 7) is 6.78. The van der Waals surface area contributed by atoms with E-state index in [1.807, 2.05) is 6.07 Å². The summed E-state index contributed by atoms with van der Waals surface area (Å²) in [6, 6.07) is 5.24. The van der Waals surface area contributed by atoms with Crippen LogP contribution in [0.1, 0.15) is 26.0 Å². The molecule has 0 spiro atoms. The summed E-state index contributed by atoms with van der Waals surface area (Å²) in [7, 11) is -3.51. The van der Waals surface area contributed by atoms with Gasteiger partial charge in [-0.3, -0.25) is 4.90 Å². The smallest absolute Gasteiger partial charge is 0.244 e. The molecule has 1 unspecified atom stereocenters. The minimum atomic E-state index is -3.51. The fourth-order valence-corrected chi connectivity index (χ4v) is 3.76. The van der Waals surface area contributed by atoms with Gasteiger partial charge in [0.15, 0.2) is 0 Å². The Morgan fingerprint density at radius 2 is 2.00 bits per heavy atom. The average Bonchev–Trinajstić information content (AvgIpc) is 2.54. The first kappa shape index (κ1) is 15.9. The number of pyridine rings is 1. The van der Waals surface area contributed by atoms with E-state index in [1.165, 1.54) is 22.6 Å². The first-order valence-electron chi connectivity index (χ1n) is 7.09. The number of aromatic nitrogens is 1. The minimum absolute atomic E-state index is 0.151. The summed E-state index contributed by atoms with van der Waals surface area (Å²) in [5.41, 5.74) is 0.218. The van der Waals surface area contributed by atoms with Gasteiger partial charge >= 0.3 is 0 Å². The molecule has 1 atom stereocenters. The number of piperazine rings is 1. The molecular formula is C14H20N4O2S. The molecule has 7 heteroatoms. The predicted molar refractivity (Wildman–Crippen MR) is 79.0 cm³/mol. The van der Waals surface area contributed by atoms with Crippen molar-refractivity contribution in [3.05, 3.63) is 24.0 Å². The number of nitriles is 1. The molecule has 1 aromatic heterocycles. The molecule has 2 rings (SSSR count). The Morgan fingerprint density at radius 3 is 2.48 bits per heavy atom. The molecule has 6 nitrogen and oxygen atoms in total. The molecule has 1 fully saturated rings. The first-order chi connectivity index (χ1) is 9.98. The van der Waals surface area contributed by atoms with Crippen molar-refractivity contribution in [3.63, 3.8) is 0 Å². The highest BCUT2D eigenvalue weighted by Gasteiger charge is 2.29. The monoisotopic (exact) mass is 308 g/mol. The highest BCUT2D eigenvalue weighted by Crippen LogP contribution is 2.18. The number of rotatable bonds is 4. The molecule has 0 aliphatic carbocycles. The van der Waals surface area contributed by atoms with Gasteiger partial charge in [-0.1, -0.05) is 6.92 Å². The lowest BCUT2D eigenvalue weighted by molar-refractivity contribution is 0.142. The zero-order valence-electron chi connectivity index (χ0n) is 12.4. The van der Waals surface area contributed by atoms with Gasteiger partial charge in [-0.2, -0.15) is 9.57 Å². The van der Waals surface area contributed by atoms with E-state index >= 15 is 0 Å². The van der Waals surface area contributed by atoms with Crippen molar-refractivity contribution in [1.29, 1.82) is 5.26 Å². The van der Waals surface area contributed by atoms with E-state index in [0.29, 0.717) is 19.1 Å². The zero-order chi connectivity index (χ0) is 15.5. The van der Waals surface area contributed by atoms with E-state index in [4.69, 9.17) is 5.26 Å². The van der Waals surface area contributed by atoms with Crippen LogP contribution in [0, 0.1) is 11.3 Å². The lowest BCUT2D eigenvalue weighted by Crippen LogP contribution is -2.51. The highest BCUT2D eigenvalue weighted by atomic mass is 32.2. The normalized spacial score (nSPS) is 19.1. The third kappa shape index (κ3) is 3.40. The average molecular weight is 308 g/mol. The van der Waals surface area contributed by atoms with Gasteiger partial charge in [0.1, 0.15) is 16.7 Å². The van der Waals surface area contributed by atoms with Crippen molar-refractivity contribution in [3.8, 4) is 6.07 Å². The van der Waals surface area contributed by atoms with E-state index in [1.54, 1.807) is 0 Å². The fourth-order valence-electron chi connectivity index (χ4n) is 2.39. The Hall–Kier alpha value is -1.49. The van der Waals surface area contributed by atoms with E-state index in [9.17, 15) is 8.42 Å². The van der Waals surface area contributed by atoms with Crippen LogP contribution in [0.25, 0.3) is 0 Å². The highest BCUT2D eigenvalue weighted by molar-refractivity contribution is 7.89. The van der Waals surface area contributed by atoms with Crippen LogP contribution in [0.3, 0.4) is 0 Å². The molecule has 114 valence electrons. The number of hydrogen-bond donors (Lipinski definition) is 0. The molecule has 0 amide bonds. The van der Waals surface area contributed by atoms with Gasteiger partial charge < -0.3 is 0 Å². The van der Waals surface area contributed by atoms with Gasteiger partial charge in [0.05, 0.1) is 0 Å². The summed E-state index contributed by atoms with van der Waals surface area (Å²) in [5, 5.41) is 8.71. The number of sulfonamides is 1. The maximum absolute atomic E-state index is 12.5. The van der Waals surface area contributed by atoms with Crippen LogP contribution in [0.15, 0.2) is 23.2 Å². The van der Waals surface area contributed by atoms with Crippen LogP contribution >= 0.6 is 0 Å². The Bertz CT molecular complexity index is 613. The Labute approximate surface area is 126 Å². The van der Waals surface area contributed by atoms with Crippen molar-refractivity contribution >= 4 is 10.0 Å². The number of nitrogens with zero attached hydrogens (tertiary/aromatic N) is 4. The van der Waals surface area contributed by atoms with E-state index in [2.05, 4.69) is 23.7 Å². The molecule has 0 saturated carbocycles. The topological polar surface area (TPSA) is 77.3 Å². The maximum atomic E-state index is 12.5. The SMILES string of the molecule is CCC(C)N1CCN(S(=O)(=O)c2ccc(C#N)nc2)CC1. The third-order valence-electron chi connectivity index (χ3n) is 3.98. The summed E-state index contributed by atoms with van der Waals surface area (Å²) < 4.78 is 26.5. The molecule has 21 heavy (non-hydrogen) atoms. The fraction of sp³-hybridized carbons (Fsp3) is 0.571. The van der Waals surface area contributed by atoms with Gasteiger partial charge in [-0.05, 0) is 25.5 Å². The third-order valence-corrected chi connectivity index (χ3v) is 5.86. The van der Waals surface area contributed by atoms with Gasteiger partial charge in [-0.15, -0.1) is 0 Å². The largest absolute Gasteiger partial charge is 0.298 e. The summed E-state index contributed by atoms with van der Waals surface area (Å²) in [5.74, 6) is 0. The quantitative estimate of drug-likeness (QED) is 0.831. The second-order valence-corrected chi connectivity index (χ2v) is 7.13. The molecule has 1 aliphatic heterocycles. The second kappa shape index (κ2) is 6.52. The Morgan fingerprint density at radius 1 is 1.33 bits per heavy atom. The lowest BCUT2D eigenvalue weighted by atomic mass is 10.2. The van der Waals surface area contributed by atoms with E-state index in [0.717, 1.165) is 19.5 Å². The lowest BCUT2D eigenvalue weighted by Gasteiger charge is -2.37. The molecule has 0 bridgehead atoms. The molecule has 2 heterocycles.